The number of nitrogens with zero attached hydrogens (tertiary/aromatic N) is 2. The molecule has 8 nitrogen and oxygen atoms in total. The number of esters is 1. The lowest BCUT2D eigenvalue weighted by Crippen LogP contribution is -2.40. The van der Waals surface area contributed by atoms with E-state index in [9.17, 15) is 9.59 Å². The molecule has 0 saturated carbocycles. The maximum absolute atomic E-state index is 14.1. The van der Waals surface area contributed by atoms with Gasteiger partial charge in [0.2, 0.25) is 0 Å². The molecule has 0 unspecified atom stereocenters. The molecule has 3 aromatic carbocycles. The first kappa shape index (κ1) is 26.2. The molecule has 0 saturated heterocycles. The van der Waals surface area contributed by atoms with E-state index in [0.717, 1.165) is 10.8 Å². The van der Waals surface area contributed by atoms with E-state index in [1.807, 2.05) is 36.4 Å². The number of hydrogen-bond acceptors (Lipinski definition) is 8. The predicted octanol–water partition coefficient (Wildman–Crippen LogP) is 3.98. The Morgan fingerprint density at radius 1 is 1.03 bits per heavy atom. The van der Waals surface area contributed by atoms with Crippen LogP contribution >= 0.6 is 11.3 Å². The average Bonchev–Trinajstić information content (AvgIpc) is 3.25. The van der Waals surface area contributed by atoms with Crippen LogP contribution in [0.4, 0.5) is 0 Å². The molecule has 0 aliphatic carbocycles. The highest BCUT2D eigenvalue weighted by molar-refractivity contribution is 7.07. The maximum Gasteiger partial charge on any atom is 0.338 e. The molecule has 2 heterocycles. The highest BCUT2D eigenvalue weighted by Gasteiger charge is 2.36. The smallest absolute Gasteiger partial charge is 0.338 e. The standard InChI is InChI=1S/C30H28N2O6S/c1-6-38-29(34)25-17(2)31-30-32(27(25)26-21-10-8-7-9-18(21)11-13-23(26)37-5)28(33)24(39-30)16-19-15-20(35-3)12-14-22(19)36-4/h7-16,27H,6H2,1-5H3/b24-16-/t27-/m1/s1. The first-order valence-electron chi connectivity index (χ1n) is 12.4. The van der Waals surface area contributed by atoms with Crippen molar-refractivity contribution in [1.82, 2.24) is 4.57 Å². The van der Waals surface area contributed by atoms with E-state index in [2.05, 4.69) is 4.99 Å². The summed E-state index contributed by atoms with van der Waals surface area (Å²) in [7, 11) is 4.73. The van der Waals surface area contributed by atoms with Gasteiger partial charge in [-0.15, -0.1) is 0 Å². The number of allylic oxidation sites excluding steroid dienone is 1. The van der Waals surface area contributed by atoms with Crippen LogP contribution in [0.3, 0.4) is 0 Å². The lowest BCUT2D eigenvalue weighted by atomic mass is 9.90. The van der Waals surface area contributed by atoms with Gasteiger partial charge in [-0.05, 0) is 55.0 Å². The average molecular weight is 545 g/mol. The highest BCUT2D eigenvalue weighted by Crippen LogP contribution is 2.40. The minimum atomic E-state index is -0.810. The van der Waals surface area contributed by atoms with Gasteiger partial charge >= 0.3 is 5.97 Å². The third-order valence-electron chi connectivity index (χ3n) is 6.66. The summed E-state index contributed by atoms with van der Waals surface area (Å²) in [6.45, 7) is 3.70. The topological polar surface area (TPSA) is 88.4 Å². The lowest BCUT2D eigenvalue weighted by Gasteiger charge is -2.27. The fourth-order valence-corrected chi connectivity index (χ4v) is 5.93. The third kappa shape index (κ3) is 4.59. The maximum atomic E-state index is 14.1. The van der Waals surface area contributed by atoms with Crippen molar-refractivity contribution in [2.75, 3.05) is 27.9 Å². The first-order chi connectivity index (χ1) is 18.9. The Hall–Kier alpha value is -4.37. The van der Waals surface area contributed by atoms with Crippen LogP contribution in [0.2, 0.25) is 0 Å². The zero-order chi connectivity index (χ0) is 27.7. The van der Waals surface area contributed by atoms with Crippen molar-refractivity contribution in [3.63, 3.8) is 0 Å². The van der Waals surface area contributed by atoms with Crippen molar-refractivity contribution in [2.24, 2.45) is 4.99 Å². The monoisotopic (exact) mass is 544 g/mol. The van der Waals surface area contributed by atoms with Crippen LogP contribution in [0.5, 0.6) is 17.2 Å². The van der Waals surface area contributed by atoms with Crippen LogP contribution in [0.15, 0.2) is 75.7 Å². The Morgan fingerprint density at radius 3 is 2.49 bits per heavy atom. The Bertz CT molecular complexity index is 1800. The molecule has 200 valence electrons. The van der Waals surface area contributed by atoms with Crippen molar-refractivity contribution in [2.45, 2.75) is 19.9 Å². The molecule has 1 atom stereocenters. The molecule has 0 N–H and O–H groups in total. The van der Waals surface area contributed by atoms with Crippen LogP contribution < -0.4 is 29.1 Å². The van der Waals surface area contributed by atoms with Crippen LogP contribution in [0.25, 0.3) is 16.8 Å². The van der Waals surface area contributed by atoms with Gasteiger partial charge in [0.15, 0.2) is 4.80 Å². The Balaban J connectivity index is 1.85. The van der Waals surface area contributed by atoms with E-state index < -0.39 is 12.0 Å². The van der Waals surface area contributed by atoms with Crippen LogP contribution in [-0.4, -0.2) is 38.5 Å². The molecule has 0 amide bonds. The Morgan fingerprint density at radius 2 is 1.77 bits per heavy atom. The summed E-state index contributed by atoms with van der Waals surface area (Å²) in [5.74, 6) is 1.26. The molecular weight excluding hydrogens is 516 g/mol. The molecule has 4 aromatic rings. The van der Waals surface area contributed by atoms with Gasteiger partial charge in [0, 0.05) is 11.1 Å². The Labute approximate surface area is 229 Å². The summed E-state index contributed by atoms with van der Waals surface area (Å²) < 4.78 is 24.1. The van der Waals surface area contributed by atoms with E-state index in [1.165, 1.54) is 11.3 Å². The fourth-order valence-electron chi connectivity index (χ4n) is 4.89. The Kier molecular flexibility index (Phi) is 7.26. The van der Waals surface area contributed by atoms with E-state index in [0.29, 0.717) is 49.0 Å². The summed E-state index contributed by atoms with van der Waals surface area (Å²) in [6.07, 6.45) is 1.76. The second-order valence-electron chi connectivity index (χ2n) is 8.81. The van der Waals surface area contributed by atoms with Gasteiger partial charge in [0.25, 0.3) is 5.56 Å². The van der Waals surface area contributed by atoms with Gasteiger partial charge in [-0.3, -0.25) is 9.36 Å². The second-order valence-corrected chi connectivity index (χ2v) is 9.82. The molecule has 0 fully saturated rings. The van der Waals surface area contributed by atoms with Crippen molar-refractivity contribution >= 4 is 34.2 Å². The molecule has 1 aliphatic rings. The number of aromatic nitrogens is 1. The van der Waals surface area contributed by atoms with Crippen molar-refractivity contribution in [1.29, 1.82) is 0 Å². The minimum Gasteiger partial charge on any atom is -0.497 e. The minimum absolute atomic E-state index is 0.190. The third-order valence-corrected chi connectivity index (χ3v) is 7.65. The SMILES string of the molecule is CCOC(=O)C1=C(C)N=c2s/c(=C\c3cc(OC)ccc3OC)c(=O)n2[C@H]1c1c(OC)ccc2ccccc12. The molecule has 9 heteroatoms. The summed E-state index contributed by atoms with van der Waals surface area (Å²) in [6, 6.07) is 16.2. The number of thiazole rings is 1. The zero-order valence-corrected chi connectivity index (χ0v) is 23.1. The van der Waals surface area contributed by atoms with Crippen molar-refractivity contribution in [3.8, 4) is 17.2 Å². The number of methoxy groups -OCH3 is 3. The van der Waals surface area contributed by atoms with E-state index in [-0.39, 0.29) is 12.2 Å². The molecular formula is C30H28N2O6S. The lowest BCUT2D eigenvalue weighted by molar-refractivity contribution is -0.139. The number of carbonyl (C=O) groups excluding carboxylic acids is 1. The molecule has 0 radical (unpaired) electrons. The van der Waals surface area contributed by atoms with Gasteiger partial charge in [0.1, 0.15) is 23.3 Å². The predicted molar refractivity (Wildman–Crippen MR) is 150 cm³/mol. The van der Waals surface area contributed by atoms with Crippen LogP contribution in [-0.2, 0) is 9.53 Å². The molecule has 0 bridgehead atoms. The number of fused-ring (bicyclic) bond motifs is 2. The second kappa shape index (κ2) is 10.8. The first-order valence-corrected chi connectivity index (χ1v) is 13.2. The van der Waals surface area contributed by atoms with Crippen molar-refractivity contribution < 1.29 is 23.7 Å². The summed E-state index contributed by atoms with van der Waals surface area (Å²) in [4.78, 5) is 32.6. The van der Waals surface area contributed by atoms with Gasteiger partial charge in [-0.25, -0.2) is 9.79 Å². The highest BCUT2D eigenvalue weighted by atomic mass is 32.1. The quantitative estimate of drug-likeness (QED) is 0.327. The van der Waals surface area contributed by atoms with E-state index >= 15 is 0 Å². The molecule has 5 rings (SSSR count). The molecule has 39 heavy (non-hydrogen) atoms. The zero-order valence-electron chi connectivity index (χ0n) is 22.3. The molecule has 1 aromatic heterocycles. The molecule has 1 aliphatic heterocycles. The van der Waals surface area contributed by atoms with Gasteiger partial charge in [0.05, 0.1) is 43.7 Å². The number of hydrogen-bond donors (Lipinski definition) is 0. The number of benzene rings is 3. The summed E-state index contributed by atoms with van der Waals surface area (Å²) in [5.41, 5.74) is 1.87. The number of carbonyl (C=O) groups is 1. The number of ether oxygens (including phenoxy) is 4. The normalized spacial score (nSPS) is 15.1. The van der Waals surface area contributed by atoms with Crippen molar-refractivity contribution in [3.05, 3.63) is 96.7 Å². The van der Waals surface area contributed by atoms with Gasteiger partial charge in [-0.1, -0.05) is 41.7 Å². The van der Waals surface area contributed by atoms with E-state index in [4.69, 9.17) is 18.9 Å². The van der Waals surface area contributed by atoms with Gasteiger partial charge < -0.3 is 18.9 Å². The summed E-state index contributed by atoms with van der Waals surface area (Å²) >= 11 is 1.24. The van der Waals surface area contributed by atoms with E-state index in [1.54, 1.807) is 64.0 Å². The summed E-state index contributed by atoms with van der Waals surface area (Å²) in [5, 5.41) is 1.82. The van der Waals surface area contributed by atoms with Gasteiger partial charge in [-0.2, -0.15) is 0 Å². The number of rotatable bonds is 7. The molecule has 0 spiro atoms. The van der Waals surface area contributed by atoms with Crippen LogP contribution in [0.1, 0.15) is 31.0 Å². The van der Waals surface area contributed by atoms with Crippen LogP contribution in [0, 0.1) is 0 Å². The largest absolute Gasteiger partial charge is 0.497 e. The fraction of sp³-hybridized carbons (Fsp3) is 0.233.